The second-order valence-electron chi connectivity index (χ2n) is 7.35. The van der Waals surface area contributed by atoms with Crippen molar-refractivity contribution < 1.29 is 19.1 Å². The smallest absolute Gasteiger partial charge is 0.265 e. The first-order valence-corrected chi connectivity index (χ1v) is 10.5. The number of carbonyl (C=O) groups excluding carboxylic acids is 3. The number of nitrogens with one attached hydrogen (secondary N) is 1. The maximum absolute atomic E-state index is 12.7. The third-order valence-electron chi connectivity index (χ3n) is 5.18. The maximum Gasteiger partial charge on any atom is 0.265 e. The van der Waals surface area contributed by atoms with Crippen molar-refractivity contribution in [2.24, 2.45) is 11.7 Å². The molecule has 0 radical (unpaired) electrons. The summed E-state index contributed by atoms with van der Waals surface area (Å²) in [5, 5.41) is 3.67. The van der Waals surface area contributed by atoms with Crippen LogP contribution in [-0.2, 0) is 22.4 Å². The van der Waals surface area contributed by atoms with Crippen molar-refractivity contribution in [1.82, 2.24) is 0 Å². The maximum atomic E-state index is 12.7. The summed E-state index contributed by atoms with van der Waals surface area (Å²) in [5.74, 6) is -0.297. The number of primary amides is 1. The molecular weight excluding hydrogens is 414 g/mol. The molecule has 1 unspecified atom stereocenters. The van der Waals surface area contributed by atoms with Gasteiger partial charge in [-0.05, 0) is 48.9 Å². The second kappa shape index (κ2) is 7.68. The molecule has 1 atom stereocenters. The summed E-state index contributed by atoms with van der Waals surface area (Å²) in [6.45, 7) is 1.80. The summed E-state index contributed by atoms with van der Waals surface area (Å²) < 4.78 is 5.40. The number of nitrogens with two attached hydrogens (primary N) is 1. The third-order valence-corrected chi connectivity index (χ3v) is 6.58. The van der Waals surface area contributed by atoms with Crippen LogP contribution in [0.1, 0.15) is 34.1 Å². The van der Waals surface area contributed by atoms with Crippen LogP contribution in [0.5, 0.6) is 5.75 Å². The zero-order valence-corrected chi connectivity index (χ0v) is 17.4. The molecule has 1 aromatic heterocycles. The number of nitrogens with zero attached hydrogens (tertiary/aromatic N) is 1. The van der Waals surface area contributed by atoms with E-state index in [2.05, 4.69) is 12.2 Å². The molecule has 0 fully saturated rings. The number of hydrogen-bond acceptors (Lipinski definition) is 5. The third kappa shape index (κ3) is 3.82. The fraction of sp³-hybridized carbons (Fsp3) is 0.350. The average Bonchev–Trinajstić information content (AvgIpc) is 3.01. The molecule has 0 spiro atoms. The van der Waals surface area contributed by atoms with Crippen molar-refractivity contribution in [2.75, 3.05) is 23.4 Å². The van der Waals surface area contributed by atoms with Crippen molar-refractivity contribution in [3.63, 3.8) is 0 Å². The number of amides is 3. The topological polar surface area (TPSA) is 102 Å². The van der Waals surface area contributed by atoms with Gasteiger partial charge in [0.05, 0.1) is 11.3 Å². The molecular formula is C20H20ClN3O4S. The number of carbonyl (C=O) groups is 3. The molecule has 152 valence electrons. The lowest BCUT2D eigenvalue weighted by molar-refractivity contribution is -0.123. The van der Waals surface area contributed by atoms with E-state index < -0.39 is 11.8 Å². The van der Waals surface area contributed by atoms with Gasteiger partial charge in [0.15, 0.2) is 6.61 Å². The highest BCUT2D eigenvalue weighted by Crippen LogP contribution is 2.40. The van der Waals surface area contributed by atoms with Gasteiger partial charge < -0.3 is 15.8 Å². The summed E-state index contributed by atoms with van der Waals surface area (Å²) in [5.41, 5.74) is 7.37. The van der Waals surface area contributed by atoms with Gasteiger partial charge in [-0.25, -0.2) is 0 Å². The Morgan fingerprint density at radius 1 is 1.41 bits per heavy atom. The molecule has 0 bridgehead atoms. The van der Waals surface area contributed by atoms with Crippen molar-refractivity contribution >= 4 is 51.3 Å². The number of ether oxygens (including phenoxy) is 1. The molecule has 2 heterocycles. The molecule has 7 nitrogen and oxygen atoms in total. The first-order chi connectivity index (χ1) is 13.8. The number of fused-ring (bicyclic) bond motifs is 2. The molecule has 3 amide bonds. The lowest BCUT2D eigenvalue weighted by Crippen LogP contribution is -2.43. The van der Waals surface area contributed by atoms with Gasteiger partial charge in [0.1, 0.15) is 17.3 Å². The number of anilines is 2. The van der Waals surface area contributed by atoms with Crippen LogP contribution in [-0.4, -0.2) is 30.9 Å². The number of rotatable bonds is 4. The lowest BCUT2D eigenvalue weighted by atomic mass is 9.88. The number of hydrogen-bond donors (Lipinski definition) is 2. The molecule has 1 aliphatic heterocycles. The summed E-state index contributed by atoms with van der Waals surface area (Å²) in [6.07, 6.45) is 2.62. The molecule has 1 aliphatic carbocycles. The molecule has 3 N–H and O–H groups in total. The number of halogens is 1. The van der Waals surface area contributed by atoms with Gasteiger partial charge in [0.2, 0.25) is 5.91 Å². The van der Waals surface area contributed by atoms with E-state index in [4.69, 9.17) is 22.1 Å². The van der Waals surface area contributed by atoms with Crippen LogP contribution in [0.4, 0.5) is 10.7 Å². The SMILES string of the molecule is CC1CCc2c(sc(NC(=O)CN3C(=O)COc4ccc(Cl)cc43)c2C(N)=O)C1. The highest BCUT2D eigenvalue weighted by atomic mass is 35.5. The highest BCUT2D eigenvalue weighted by Gasteiger charge is 2.30. The molecule has 0 saturated carbocycles. The largest absolute Gasteiger partial charge is 0.482 e. The number of benzene rings is 1. The number of thiophene rings is 1. The van der Waals surface area contributed by atoms with Gasteiger partial charge in [-0.3, -0.25) is 19.3 Å². The van der Waals surface area contributed by atoms with E-state index in [1.807, 2.05) is 0 Å². The predicted molar refractivity (Wildman–Crippen MR) is 112 cm³/mol. The fourth-order valence-electron chi connectivity index (χ4n) is 3.76. The fourth-order valence-corrected chi connectivity index (χ4v) is 5.36. The second-order valence-corrected chi connectivity index (χ2v) is 8.89. The molecule has 1 aromatic carbocycles. The summed E-state index contributed by atoms with van der Waals surface area (Å²) in [6, 6.07) is 4.90. The van der Waals surface area contributed by atoms with Gasteiger partial charge in [0.25, 0.3) is 11.8 Å². The Labute approximate surface area is 176 Å². The molecule has 0 saturated heterocycles. The average molecular weight is 434 g/mol. The minimum atomic E-state index is -0.549. The molecule has 9 heteroatoms. The quantitative estimate of drug-likeness (QED) is 0.773. The summed E-state index contributed by atoms with van der Waals surface area (Å²) >= 11 is 7.43. The van der Waals surface area contributed by atoms with Gasteiger partial charge in [0, 0.05) is 9.90 Å². The van der Waals surface area contributed by atoms with E-state index in [-0.39, 0.29) is 19.1 Å². The van der Waals surface area contributed by atoms with E-state index in [0.29, 0.717) is 32.9 Å². The lowest BCUT2D eigenvalue weighted by Gasteiger charge is -2.28. The molecule has 4 rings (SSSR count). The van der Waals surface area contributed by atoms with Crippen LogP contribution in [0, 0.1) is 5.92 Å². The Hall–Kier alpha value is -2.58. The van der Waals surface area contributed by atoms with E-state index in [1.165, 1.54) is 16.2 Å². The Kier molecular flexibility index (Phi) is 5.23. The van der Waals surface area contributed by atoms with E-state index >= 15 is 0 Å². The Morgan fingerprint density at radius 3 is 2.97 bits per heavy atom. The standard InChI is InChI=1S/C20H20ClN3O4S/c1-10-2-4-12-15(6-10)29-20(18(12)19(22)27)23-16(25)8-24-13-7-11(21)3-5-14(13)28-9-17(24)26/h3,5,7,10H,2,4,6,8-9H2,1H3,(H2,22,27)(H,23,25). The minimum Gasteiger partial charge on any atom is -0.482 e. The van der Waals surface area contributed by atoms with Crippen molar-refractivity contribution in [3.8, 4) is 5.75 Å². The van der Waals surface area contributed by atoms with Crippen molar-refractivity contribution in [3.05, 3.63) is 39.2 Å². The van der Waals surface area contributed by atoms with Crippen molar-refractivity contribution in [2.45, 2.75) is 26.2 Å². The van der Waals surface area contributed by atoms with Crippen LogP contribution in [0.2, 0.25) is 5.02 Å². The predicted octanol–water partition coefficient (Wildman–Crippen LogP) is 2.99. The van der Waals surface area contributed by atoms with Crippen LogP contribution < -0.4 is 20.7 Å². The van der Waals surface area contributed by atoms with Crippen LogP contribution in [0.25, 0.3) is 0 Å². The van der Waals surface area contributed by atoms with E-state index in [1.54, 1.807) is 18.2 Å². The Morgan fingerprint density at radius 2 is 2.21 bits per heavy atom. The Bertz CT molecular complexity index is 1020. The zero-order chi connectivity index (χ0) is 20.7. The van der Waals surface area contributed by atoms with E-state index in [0.717, 1.165) is 29.7 Å². The molecule has 2 aromatic rings. The van der Waals surface area contributed by atoms with Crippen LogP contribution in [0.3, 0.4) is 0 Å². The van der Waals surface area contributed by atoms with Gasteiger partial charge in [-0.2, -0.15) is 0 Å². The van der Waals surface area contributed by atoms with Gasteiger partial charge in [-0.1, -0.05) is 18.5 Å². The van der Waals surface area contributed by atoms with Crippen LogP contribution >= 0.6 is 22.9 Å². The van der Waals surface area contributed by atoms with Gasteiger partial charge >= 0.3 is 0 Å². The normalized spacial score (nSPS) is 17.9. The first kappa shape index (κ1) is 19.7. The summed E-state index contributed by atoms with van der Waals surface area (Å²) in [7, 11) is 0. The molecule has 29 heavy (non-hydrogen) atoms. The van der Waals surface area contributed by atoms with Crippen LogP contribution in [0.15, 0.2) is 18.2 Å². The van der Waals surface area contributed by atoms with Crippen molar-refractivity contribution in [1.29, 1.82) is 0 Å². The minimum absolute atomic E-state index is 0.153. The van der Waals surface area contributed by atoms with Gasteiger partial charge in [-0.15, -0.1) is 11.3 Å². The Balaban J connectivity index is 1.58. The zero-order valence-electron chi connectivity index (χ0n) is 15.8. The first-order valence-electron chi connectivity index (χ1n) is 9.30. The molecule has 2 aliphatic rings. The highest BCUT2D eigenvalue weighted by molar-refractivity contribution is 7.17. The monoisotopic (exact) mass is 433 g/mol. The van der Waals surface area contributed by atoms with E-state index in [9.17, 15) is 14.4 Å². The summed E-state index contributed by atoms with van der Waals surface area (Å²) in [4.78, 5) is 39.5.